The molecule has 122 valence electrons. The molecule has 6 nitrogen and oxygen atoms in total. The van der Waals surface area contributed by atoms with Gasteiger partial charge in [0.05, 0.1) is 12.0 Å². The molecule has 2 aromatic carbocycles. The summed E-state index contributed by atoms with van der Waals surface area (Å²) in [5.41, 5.74) is 1.76. The van der Waals surface area contributed by atoms with Crippen molar-refractivity contribution in [1.29, 1.82) is 0 Å². The van der Waals surface area contributed by atoms with Crippen molar-refractivity contribution >= 4 is 16.0 Å². The zero-order valence-electron chi connectivity index (χ0n) is 12.7. The Bertz CT molecular complexity index is 782. The molecule has 0 aromatic heterocycles. The van der Waals surface area contributed by atoms with E-state index in [1.165, 1.54) is 19.1 Å². The normalized spacial score (nSPS) is 12.6. The fourth-order valence-corrected chi connectivity index (χ4v) is 3.16. The van der Waals surface area contributed by atoms with Crippen LogP contribution in [0.4, 0.5) is 0 Å². The summed E-state index contributed by atoms with van der Waals surface area (Å²) in [5, 5.41) is 8.79. The Morgan fingerprint density at radius 1 is 1.04 bits per heavy atom. The lowest BCUT2D eigenvalue weighted by molar-refractivity contribution is -0.138. The third-order valence-corrected chi connectivity index (χ3v) is 4.85. The molecule has 0 fully saturated rings. The number of carbonyl (C=O) groups is 1. The van der Waals surface area contributed by atoms with Crippen LogP contribution < -0.4 is 9.46 Å². The molecule has 2 aromatic rings. The maximum absolute atomic E-state index is 12.1. The van der Waals surface area contributed by atoms with Crippen LogP contribution in [0.5, 0.6) is 5.75 Å². The van der Waals surface area contributed by atoms with Gasteiger partial charge >= 0.3 is 5.97 Å². The number of ether oxygens (including phenoxy) is 1. The lowest BCUT2D eigenvalue weighted by atomic mass is 10.1. The van der Waals surface area contributed by atoms with E-state index >= 15 is 0 Å². The zero-order chi connectivity index (χ0) is 17.0. The molecule has 1 atom stereocenters. The van der Waals surface area contributed by atoms with Gasteiger partial charge in [0.1, 0.15) is 11.8 Å². The van der Waals surface area contributed by atoms with Crippen LogP contribution in [0.3, 0.4) is 0 Å². The second kappa shape index (κ2) is 6.80. The van der Waals surface area contributed by atoms with Gasteiger partial charge in [-0.2, -0.15) is 4.72 Å². The van der Waals surface area contributed by atoms with Crippen LogP contribution in [0, 0.1) is 0 Å². The van der Waals surface area contributed by atoms with Crippen molar-refractivity contribution in [3.05, 3.63) is 48.5 Å². The second-order valence-corrected chi connectivity index (χ2v) is 6.65. The first-order valence-electron chi connectivity index (χ1n) is 6.83. The van der Waals surface area contributed by atoms with E-state index in [2.05, 4.69) is 4.72 Å². The second-order valence-electron chi connectivity index (χ2n) is 4.93. The SMILES string of the molecule is COc1ccc(-c2ccc(S(=O)(=O)NC(C)C(=O)O)cc2)cc1. The summed E-state index contributed by atoms with van der Waals surface area (Å²) in [4.78, 5) is 10.8. The highest BCUT2D eigenvalue weighted by Gasteiger charge is 2.21. The fourth-order valence-electron chi connectivity index (χ4n) is 1.96. The van der Waals surface area contributed by atoms with Crippen LogP contribution in [0.15, 0.2) is 53.4 Å². The summed E-state index contributed by atoms with van der Waals surface area (Å²) in [5.74, 6) is -0.497. The Labute approximate surface area is 134 Å². The third kappa shape index (κ3) is 4.08. The van der Waals surface area contributed by atoms with Crippen molar-refractivity contribution in [2.24, 2.45) is 0 Å². The van der Waals surface area contributed by atoms with Crippen molar-refractivity contribution in [3.8, 4) is 16.9 Å². The summed E-state index contributed by atoms with van der Waals surface area (Å²) in [7, 11) is -2.28. The molecule has 0 aliphatic heterocycles. The molecule has 0 heterocycles. The van der Waals surface area contributed by atoms with Crippen molar-refractivity contribution in [1.82, 2.24) is 4.72 Å². The first-order valence-corrected chi connectivity index (χ1v) is 8.31. The smallest absolute Gasteiger partial charge is 0.321 e. The molecule has 0 radical (unpaired) electrons. The van der Waals surface area contributed by atoms with E-state index in [0.29, 0.717) is 0 Å². The van der Waals surface area contributed by atoms with Crippen LogP contribution in [0.2, 0.25) is 0 Å². The number of nitrogens with one attached hydrogen (secondary N) is 1. The number of rotatable bonds is 6. The average molecular weight is 335 g/mol. The average Bonchev–Trinajstić information content (AvgIpc) is 2.54. The first kappa shape index (κ1) is 17.0. The number of hydrogen-bond acceptors (Lipinski definition) is 4. The van der Waals surface area contributed by atoms with Crippen molar-refractivity contribution in [2.75, 3.05) is 7.11 Å². The Kier molecular flexibility index (Phi) is 5.02. The van der Waals surface area contributed by atoms with Crippen LogP contribution in [0.1, 0.15) is 6.92 Å². The highest BCUT2D eigenvalue weighted by atomic mass is 32.2. The molecular weight excluding hydrogens is 318 g/mol. The van der Waals surface area contributed by atoms with Gasteiger partial charge in [0, 0.05) is 0 Å². The van der Waals surface area contributed by atoms with Gasteiger partial charge in [-0.15, -0.1) is 0 Å². The molecule has 0 spiro atoms. The van der Waals surface area contributed by atoms with E-state index in [1.807, 2.05) is 24.3 Å². The van der Waals surface area contributed by atoms with Crippen molar-refractivity contribution < 1.29 is 23.1 Å². The molecule has 23 heavy (non-hydrogen) atoms. The molecule has 0 saturated carbocycles. The third-order valence-electron chi connectivity index (χ3n) is 3.29. The lowest BCUT2D eigenvalue weighted by Gasteiger charge is -2.11. The minimum absolute atomic E-state index is 0.0165. The van der Waals surface area contributed by atoms with E-state index in [4.69, 9.17) is 9.84 Å². The van der Waals surface area contributed by atoms with Gasteiger partial charge in [0.15, 0.2) is 0 Å². The van der Waals surface area contributed by atoms with Crippen LogP contribution in [-0.2, 0) is 14.8 Å². The van der Waals surface area contributed by atoms with Gasteiger partial charge in [0.25, 0.3) is 0 Å². The molecule has 0 amide bonds. The molecule has 0 aliphatic rings. The number of aliphatic carboxylic acids is 1. The van der Waals surface area contributed by atoms with Crippen LogP contribution >= 0.6 is 0 Å². The van der Waals surface area contributed by atoms with E-state index in [-0.39, 0.29) is 4.90 Å². The number of carboxylic acids is 1. The molecule has 2 N–H and O–H groups in total. The van der Waals surface area contributed by atoms with Gasteiger partial charge in [-0.05, 0) is 42.3 Å². The Morgan fingerprint density at radius 2 is 1.52 bits per heavy atom. The standard InChI is InChI=1S/C16H17NO5S/c1-11(16(18)19)17-23(20,21)15-9-5-13(6-10-15)12-3-7-14(22-2)8-4-12/h3-11,17H,1-2H3,(H,18,19). The predicted octanol–water partition coefficient (Wildman–Crippen LogP) is 2.11. The number of sulfonamides is 1. The van der Waals surface area contributed by atoms with E-state index in [0.717, 1.165) is 16.9 Å². The number of benzene rings is 2. The van der Waals surface area contributed by atoms with Crippen molar-refractivity contribution in [2.45, 2.75) is 17.9 Å². The number of carboxylic acid groups (broad SMARTS) is 1. The van der Waals surface area contributed by atoms with Crippen molar-refractivity contribution in [3.63, 3.8) is 0 Å². The van der Waals surface area contributed by atoms with Gasteiger partial charge in [-0.1, -0.05) is 24.3 Å². The molecule has 2 rings (SSSR count). The Balaban J connectivity index is 2.22. The highest BCUT2D eigenvalue weighted by Crippen LogP contribution is 2.23. The van der Waals surface area contributed by atoms with E-state index in [9.17, 15) is 13.2 Å². The maximum atomic E-state index is 12.1. The zero-order valence-corrected chi connectivity index (χ0v) is 13.5. The van der Waals surface area contributed by atoms with E-state index in [1.54, 1.807) is 19.2 Å². The predicted molar refractivity (Wildman–Crippen MR) is 85.8 cm³/mol. The van der Waals surface area contributed by atoms with Gasteiger partial charge in [0.2, 0.25) is 10.0 Å². The van der Waals surface area contributed by atoms with Gasteiger partial charge < -0.3 is 9.84 Å². The summed E-state index contributed by atoms with van der Waals surface area (Å²) in [6.45, 7) is 1.27. The topological polar surface area (TPSA) is 92.7 Å². The minimum atomic E-state index is -3.86. The Hall–Kier alpha value is -2.38. The first-order chi connectivity index (χ1) is 10.8. The summed E-state index contributed by atoms with van der Waals surface area (Å²) in [6.07, 6.45) is 0. The van der Waals surface area contributed by atoms with Crippen LogP contribution in [-0.4, -0.2) is 32.6 Å². The number of hydrogen-bond donors (Lipinski definition) is 2. The van der Waals surface area contributed by atoms with Crippen LogP contribution in [0.25, 0.3) is 11.1 Å². The fraction of sp³-hybridized carbons (Fsp3) is 0.188. The molecule has 7 heteroatoms. The number of methoxy groups -OCH3 is 1. The van der Waals surface area contributed by atoms with E-state index < -0.39 is 22.0 Å². The lowest BCUT2D eigenvalue weighted by Crippen LogP contribution is -2.38. The molecule has 0 saturated heterocycles. The van der Waals surface area contributed by atoms with Gasteiger partial charge in [-0.25, -0.2) is 8.42 Å². The Morgan fingerprint density at radius 3 is 1.96 bits per heavy atom. The molecular formula is C16H17NO5S. The maximum Gasteiger partial charge on any atom is 0.321 e. The molecule has 0 bridgehead atoms. The molecule has 1 unspecified atom stereocenters. The largest absolute Gasteiger partial charge is 0.497 e. The molecule has 0 aliphatic carbocycles. The monoisotopic (exact) mass is 335 g/mol. The quantitative estimate of drug-likeness (QED) is 0.843. The summed E-state index contributed by atoms with van der Waals surface area (Å²) >= 11 is 0. The minimum Gasteiger partial charge on any atom is -0.497 e. The summed E-state index contributed by atoms with van der Waals surface area (Å²) in [6, 6.07) is 12.4. The summed E-state index contributed by atoms with van der Waals surface area (Å²) < 4.78 is 31.4. The highest BCUT2D eigenvalue weighted by molar-refractivity contribution is 7.89. The van der Waals surface area contributed by atoms with Gasteiger partial charge in [-0.3, -0.25) is 4.79 Å².